The van der Waals surface area contributed by atoms with Gasteiger partial charge < -0.3 is 14.8 Å². The van der Waals surface area contributed by atoms with Crippen molar-refractivity contribution in [1.29, 1.82) is 0 Å². The maximum Gasteiger partial charge on any atom is 0.181 e. The second kappa shape index (κ2) is 6.67. The number of para-hydroxylation sites is 1. The van der Waals surface area contributed by atoms with Crippen LogP contribution in [-0.2, 0) is 5.54 Å². The van der Waals surface area contributed by atoms with Crippen molar-refractivity contribution in [2.75, 3.05) is 18.5 Å². The standard InChI is InChI=1S/C19H21N5O2/c1-3-19(2,18-21-22-23-24(18)15-7-5-4-6-8-15)20-14-9-10-16-17(13-14)26-12-11-25-16/h4-10,13,20H,3,11-12H2,1-2H3/t19-/m1/s1. The van der Waals surface area contributed by atoms with Crippen molar-refractivity contribution in [3.63, 3.8) is 0 Å². The summed E-state index contributed by atoms with van der Waals surface area (Å²) < 4.78 is 13.1. The number of hydrogen-bond donors (Lipinski definition) is 1. The fraction of sp³-hybridized carbons (Fsp3) is 0.316. The minimum absolute atomic E-state index is 0.455. The van der Waals surface area contributed by atoms with Crippen LogP contribution in [0.15, 0.2) is 48.5 Å². The second-order valence-corrected chi connectivity index (χ2v) is 6.42. The number of anilines is 1. The van der Waals surface area contributed by atoms with Crippen LogP contribution in [0.4, 0.5) is 5.69 Å². The Balaban J connectivity index is 1.67. The lowest BCUT2D eigenvalue weighted by molar-refractivity contribution is 0.171. The molecule has 1 atom stereocenters. The molecule has 0 spiro atoms. The van der Waals surface area contributed by atoms with E-state index >= 15 is 0 Å². The van der Waals surface area contributed by atoms with Crippen LogP contribution in [0.3, 0.4) is 0 Å². The van der Waals surface area contributed by atoms with Crippen molar-refractivity contribution >= 4 is 5.69 Å². The lowest BCUT2D eigenvalue weighted by atomic mass is 9.97. The van der Waals surface area contributed by atoms with E-state index in [1.54, 1.807) is 4.68 Å². The summed E-state index contributed by atoms with van der Waals surface area (Å²) in [7, 11) is 0. The highest BCUT2D eigenvalue weighted by molar-refractivity contribution is 5.56. The predicted molar refractivity (Wildman–Crippen MR) is 97.9 cm³/mol. The van der Waals surface area contributed by atoms with E-state index in [0.717, 1.165) is 35.1 Å². The van der Waals surface area contributed by atoms with E-state index in [0.29, 0.717) is 13.2 Å². The van der Waals surface area contributed by atoms with E-state index < -0.39 is 5.54 Å². The molecule has 1 N–H and O–H groups in total. The highest BCUT2D eigenvalue weighted by atomic mass is 16.6. The average Bonchev–Trinajstić information content (AvgIpc) is 3.19. The van der Waals surface area contributed by atoms with Gasteiger partial charge in [-0.1, -0.05) is 25.1 Å². The number of nitrogens with one attached hydrogen (secondary N) is 1. The molecule has 2 aromatic carbocycles. The number of fused-ring (bicyclic) bond motifs is 1. The molecule has 1 aromatic heterocycles. The van der Waals surface area contributed by atoms with Gasteiger partial charge in [-0.2, -0.15) is 4.68 Å². The van der Waals surface area contributed by atoms with E-state index in [4.69, 9.17) is 9.47 Å². The number of benzene rings is 2. The maximum absolute atomic E-state index is 5.69. The van der Waals surface area contributed by atoms with E-state index in [9.17, 15) is 0 Å². The van der Waals surface area contributed by atoms with Gasteiger partial charge in [0.1, 0.15) is 13.2 Å². The Morgan fingerprint density at radius 3 is 2.62 bits per heavy atom. The van der Waals surface area contributed by atoms with Gasteiger partial charge in [0.05, 0.1) is 11.2 Å². The number of hydrogen-bond acceptors (Lipinski definition) is 6. The number of ether oxygens (including phenoxy) is 2. The summed E-state index contributed by atoms with van der Waals surface area (Å²) in [4.78, 5) is 0. The van der Waals surface area contributed by atoms with E-state index in [2.05, 4.69) is 34.7 Å². The Morgan fingerprint density at radius 2 is 1.85 bits per heavy atom. The molecular formula is C19H21N5O2. The first kappa shape index (κ1) is 16.4. The molecule has 0 saturated heterocycles. The van der Waals surface area contributed by atoms with Gasteiger partial charge in [-0.05, 0) is 48.0 Å². The Bertz CT molecular complexity index is 896. The molecule has 0 aliphatic carbocycles. The van der Waals surface area contributed by atoms with Crippen molar-refractivity contribution in [3.8, 4) is 17.2 Å². The molecule has 0 bridgehead atoms. The molecule has 7 heteroatoms. The first-order valence-corrected chi connectivity index (χ1v) is 8.72. The third-order valence-corrected chi connectivity index (χ3v) is 4.63. The zero-order valence-electron chi connectivity index (χ0n) is 14.8. The molecule has 1 aliphatic rings. The SMILES string of the molecule is CC[C@@](C)(Nc1ccc2c(c1)OCCO2)c1nnnn1-c1ccccc1. The van der Waals surface area contributed by atoms with E-state index in [-0.39, 0.29) is 0 Å². The van der Waals surface area contributed by atoms with Gasteiger partial charge in [-0.3, -0.25) is 0 Å². The minimum Gasteiger partial charge on any atom is -0.486 e. The third kappa shape index (κ3) is 2.96. The fourth-order valence-corrected chi connectivity index (χ4v) is 3.02. The Hall–Kier alpha value is -3.09. The van der Waals surface area contributed by atoms with Crippen LogP contribution in [0.1, 0.15) is 26.1 Å². The molecule has 0 amide bonds. The average molecular weight is 351 g/mol. The first-order chi connectivity index (χ1) is 12.7. The summed E-state index contributed by atoms with van der Waals surface area (Å²) in [5.41, 5.74) is 1.40. The van der Waals surface area contributed by atoms with Crippen LogP contribution in [0, 0.1) is 0 Å². The van der Waals surface area contributed by atoms with Crippen LogP contribution in [-0.4, -0.2) is 33.4 Å². The van der Waals surface area contributed by atoms with Gasteiger partial charge in [-0.15, -0.1) is 5.10 Å². The zero-order chi connectivity index (χ0) is 18.0. The zero-order valence-corrected chi connectivity index (χ0v) is 14.8. The molecule has 0 fully saturated rings. The first-order valence-electron chi connectivity index (χ1n) is 8.72. The molecular weight excluding hydrogens is 330 g/mol. The number of nitrogens with zero attached hydrogens (tertiary/aromatic N) is 4. The van der Waals surface area contributed by atoms with Crippen molar-refractivity contribution in [3.05, 3.63) is 54.4 Å². The Labute approximate surface area is 151 Å². The predicted octanol–water partition coefficient (Wildman–Crippen LogP) is 3.17. The number of tetrazole rings is 1. The molecule has 1 aliphatic heterocycles. The van der Waals surface area contributed by atoms with Crippen LogP contribution in [0.2, 0.25) is 0 Å². The van der Waals surface area contributed by atoms with Crippen molar-refractivity contribution in [1.82, 2.24) is 20.2 Å². The molecule has 0 saturated carbocycles. The molecule has 2 heterocycles. The summed E-state index contributed by atoms with van der Waals surface area (Å²) in [6, 6.07) is 15.8. The normalized spacial score (nSPS) is 15.3. The Morgan fingerprint density at radius 1 is 1.08 bits per heavy atom. The summed E-state index contributed by atoms with van der Waals surface area (Å²) in [5.74, 6) is 2.28. The highest BCUT2D eigenvalue weighted by Gasteiger charge is 2.32. The largest absolute Gasteiger partial charge is 0.486 e. The quantitative estimate of drug-likeness (QED) is 0.761. The Kier molecular flexibility index (Phi) is 4.20. The van der Waals surface area contributed by atoms with Gasteiger partial charge in [0.25, 0.3) is 0 Å². The summed E-state index contributed by atoms with van der Waals surface area (Å²) >= 11 is 0. The molecule has 0 unspecified atom stereocenters. The second-order valence-electron chi connectivity index (χ2n) is 6.42. The van der Waals surface area contributed by atoms with Crippen LogP contribution in [0.25, 0.3) is 5.69 Å². The molecule has 3 aromatic rings. The fourth-order valence-electron chi connectivity index (χ4n) is 3.02. The molecule has 134 valence electrons. The van der Waals surface area contributed by atoms with Crippen molar-refractivity contribution in [2.45, 2.75) is 25.8 Å². The lowest BCUT2D eigenvalue weighted by Crippen LogP contribution is -2.34. The van der Waals surface area contributed by atoms with Gasteiger partial charge in [0.15, 0.2) is 17.3 Å². The van der Waals surface area contributed by atoms with Gasteiger partial charge in [0, 0.05) is 11.8 Å². The lowest BCUT2D eigenvalue weighted by Gasteiger charge is -2.30. The minimum atomic E-state index is -0.455. The van der Waals surface area contributed by atoms with Crippen LogP contribution < -0.4 is 14.8 Å². The van der Waals surface area contributed by atoms with Crippen LogP contribution >= 0.6 is 0 Å². The van der Waals surface area contributed by atoms with E-state index in [1.807, 2.05) is 48.5 Å². The smallest absolute Gasteiger partial charge is 0.181 e. The van der Waals surface area contributed by atoms with Gasteiger partial charge >= 0.3 is 0 Å². The monoisotopic (exact) mass is 351 g/mol. The van der Waals surface area contributed by atoms with Gasteiger partial charge in [-0.25, -0.2) is 0 Å². The van der Waals surface area contributed by atoms with Crippen molar-refractivity contribution in [2.24, 2.45) is 0 Å². The molecule has 7 nitrogen and oxygen atoms in total. The molecule has 0 radical (unpaired) electrons. The summed E-state index contributed by atoms with van der Waals surface area (Å²) in [6.07, 6.45) is 0.800. The van der Waals surface area contributed by atoms with E-state index in [1.165, 1.54) is 0 Å². The third-order valence-electron chi connectivity index (χ3n) is 4.63. The van der Waals surface area contributed by atoms with Crippen LogP contribution in [0.5, 0.6) is 11.5 Å². The maximum atomic E-state index is 5.69. The number of aromatic nitrogens is 4. The van der Waals surface area contributed by atoms with Gasteiger partial charge in [0.2, 0.25) is 0 Å². The summed E-state index contributed by atoms with van der Waals surface area (Å²) in [5, 5.41) is 16.0. The summed E-state index contributed by atoms with van der Waals surface area (Å²) in [6.45, 7) is 5.34. The van der Waals surface area contributed by atoms with Crippen molar-refractivity contribution < 1.29 is 9.47 Å². The topological polar surface area (TPSA) is 74.1 Å². The highest BCUT2D eigenvalue weighted by Crippen LogP contribution is 2.35. The number of rotatable bonds is 5. The molecule has 26 heavy (non-hydrogen) atoms. The molecule has 4 rings (SSSR count).